The smallest absolute Gasteiger partial charge is 0.407 e. The van der Waals surface area contributed by atoms with Gasteiger partial charge in [0.25, 0.3) is 0 Å². The normalized spacial score (nSPS) is 11.4. The van der Waals surface area contributed by atoms with Gasteiger partial charge in [-0.2, -0.15) is 10.4 Å². The number of benzene rings is 1. The van der Waals surface area contributed by atoms with E-state index in [-0.39, 0.29) is 43.1 Å². The second kappa shape index (κ2) is 11.6. The average molecular weight is 469 g/mol. The number of esters is 1. The summed E-state index contributed by atoms with van der Waals surface area (Å²) < 4.78 is 11.5. The van der Waals surface area contributed by atoms with Crippen molar-refractivity contribution in [3.05, 3.63) is 63.0 Å². The molecule has 0 unspecified atom stereocenters. The van der Waals surface area contributed by atoms with Gasteiger partial charge in [-0.25, -0.2) is 9.59 Å². The molecule has 0 atom stereocenters. The fourth-order valence-electron chi connectivity index (χ4n) is 2.88. The minimum atomic E-state index is -0.715. The molecule has 0 fully saturated rings. The molecule has 0 saturated carbocycles. The lowest BCUT2D eigenvalue weighted by molar-refractivity contribution is -0.385. The Morgan fingerprint density at radius 1 is 1.26 bits per heavy atom. The summed E-state index contributed by atoms with van der Waals surface area (Å²) in [6.07, 6.45) is 1.58. The van der Waals surface area contributed by atoms with Crippen LogP contribution in [0.15, 0.2) is 36.0 Å². The molecule has 2 rings (SSSR count). The zero-order chi connectivity index (χ0) is 25.3. The van der Waals surface area contributed by atoms with Crippen LogP contribution in [0.3, 0.4) is 0 Å². The van der Waals surface area contributed by atoms with Gasteiger partial charge < -0.3 is 14.8 Å². The van der Waals surface area contributed by atoms with Crippen LogP contribution in [0.1, 0.15) is 50.9 Å². The van der Waals surface area contributed by atoms with Crippen molar-refractivity contribution in [3.63, 3.8) is 0 Å². The van der Waals surface area contributed by atoms with Crippen LogP contribution in [0.25, 0.3) is 6.08 Å². The van der Waals surface area contributed by atoms with Crippen LogP contribution in [0, 0.1) is 21.4 Å². The summed E-state index contributed by atoms with van der Waals surface area (Å²) in [6.45, 7) is 7.52. The van der Waals surface area contributed by atoms with E-state index in [2.05, 4.69) is 10.4 Å². The monoisotopic (exact) mass is 469 g/mol. The van der Waals surface area contributed by atoms with Gasteiger partial charge in [0, 0.05) is 6.54 Å². The van der Waals surface area contributed by atoms with Gasteiger partial charge in [-0.05, 0) is 44.9 Å². The summed E-state index contributed by atoms with van der Waals surface area (Å²) in [4.78, 5) is 34.8. The Bertz CT molecular complexity index is 1110. The summed E-state index contributed by atoms with van der Waals surface area (Å²) in [5.41, 5.74) is 0.813. The van der Waals surface area contributed by atoms with Crippen molar-refractivity contribution in [3.8, 4) is 6.07 Å². The van der Waals surface area contributed by atoms with E-state index in [9.17, 15) is 19.7 Å². The maximum atomic E-state index is 12.2. The van der Waals surface area contributed by atoms with Gasteiger partial charge in [-0.3, -0.25) is 14.8 Å². The molecule has 1 amide bonds. The largest absolute Gasteiger partial charge is 0.463 e. The maximum absolute atomic E-state index is 12.2. The van der Waals surface area contributed by atoms with Crippen LogP contribution in [-0.2, 0) is 27.4 Å². The van der Waals surface area contributed by atoms with Crippen LogP contribution in [0.2, 0.25) is 0 Å². The van der Waals surface area contributed by atoms with Crippen LogP contribution >= 0.6 is 0 Å². The molecule has 0 aliphatic rings. The van der Waals surface area contributed by atoms with Gasteiger partial charge >= 0.3 is 17.7 Å². The van der Waals surface area contributed by atoms with Crippen LogP contribution in [-0.4, -0.2) is 39.0 Å². The highest BCUT2D eigenvalue weighted by molar-refractivity contribution is 5.94. The fraction of sp³-hybridized carbons (Fsp3) is 0.391. The molecule has 0 bridgehead atoms. The Kier molecular flexibility index (Phi) is 8.89. The SMILES string of the molecule is CCOC(=O)/C(=C/c1c([N+](=O)[O-])cnn1Cc1ccc(CNC(=O)OC(C)(C)C)cc1)CC#N. The van der Waals surface area contributed by atoms with E-state index in [1.54, 1.807) is 52.0 Å². The highest BCUT2D eigenvalue weighted by Crippen LogP contribution is 2.23. The molecule has 0 spiro atoms. The molecule has 1 aromatic heterocycles. The lowest BCUT2D eigenvalue weighted by Crippen LogP contribution is -2.32. The highest BCUT2D eigenvalue weighted by Gasteiger charge is 2.22. The molecule has 0 aliphatic heterocycles. The minimum Gasteiger partial charge on any atom is -0.463 e. The van der Waals surface area contributed by atoms with Crippen molar-refractivity contribution >= 4 is 23.8 Å². The highest BCUT2D eigenvalue weighted by atomic mass is 16.6. The van der Waals surface area contributed by atoms with Gasteiger partial charge in [0.05, 0.1) is 36.1 Å². The predicted molar refractivity (Wildman–Crippen MR) is 122 cm³/mol. The second-order valence-corrected chi connectivity index (χ2v) is 8.23. The summed E-state index contributed by atoms with van der Waals surface area (Å²) >= 11 is 0. The van der Waals surface area contributed by atoms with Gasteiger partial charge in [0.15, 0.2) is 0 Å². The second-order valence-electron chi connectivity index (χ2n) is 8.23. The number of nitro groups is 1. The minimum absolute atomic E-state index is 0.00207. The van der Waals surface area contributed by atoms with E-state index in [0.29, 0.717) is 0 Å². The van der Waals surface area contributed by atoms with Crippen molar-refractivity contribution in [2.75, 3.05) is 6.61 Å². The number of carbonyl (C=O) groups is 2. The number of carbonyl (C=O) groups excluding carboxylic acids is 2. The Labute approximate surface area is 197 Å². The van der Waals surface area contributed by atoms with E-state index >= 15 is 0 Å². The number of nitrogens with zero attached hydrogens (tertiary/aromatic N) is 4. The van der Waals surface area contributed by atoms with Gasteiger partial charge in [-0.1, -0.05) is 24.3 Å². The number of aromatic nitrogens is 2. The third-order valence-electron chi connectivity index (χ3n) is 4.37. The van der Waals surface area contributed by atoms with E-state index in [1.165, 1.54) is 10.8 Å². The van der Waals surface area contributed by atoms with E-state index in [4.69, 9.17) is 14.7 Å². The van der Waals surface area contributed by atoms with E-state index in [0.717, 1.165) is 17.3 Å². The van der Waals surface area contributed by atoms with Crippen molar-refractivity contribution in [2.45, 2.75) is 52.8 Å². The Balaban J connectivity index is 2.22. The number of rotatable bonds is 9. The van der Waals surface area contributed by atoms with Crippen molar-refractivity contribution in [1.29, 1.82) is 5.26 Å². The molecule has 1 N–H and O–H groups in total. The number of nitrogens with one attached hydrogen (secondary N) is 1. The lowest BCUT2D eigenvalue weighted by Gasteiger charge is -2.19. The molecule has 1 aromatic carbocycles. The Morgan fingerprint density at radius 2 is 1.91 bits per heavy atom. The number of hydrogen-bond donors (Lipinski definition) is 1. The van der Waals surface area contributed by atoms with Gasteiger partial charge in [0.1, 0.15) is 17.5 Å². The molecular weight excluding hydrogens is 442 g/mol. The molecule has 34 heavy (non-hydrogen) atoms. The Hall–Kier alpha value is -4.20. The van der Waals surface area contributed by atoms with Gasteiger partial charge in [-0.15, -0.1) is 0 Å². The number of nitriles is 1. The molecule has 1 heterocycles. The van der Waals surface area contributed by atoms with Crippen molar-refractivity contribution < 1.29 is 24.0 Å². The molecule has 0 radical (unpaired) electrons. The van der Waals surface area contributed by atoms with Crippen molar-refractivity contribution in [1.82, 2.24) is 15.1 Å². The first-order chi connectivity index (χ1) is 16.0. The topological polar surface area (TPSA) is 149 Å². The van der Waals surface area contributed by atoms with E-state index < -0.39 is 22.6 Å². The Morgan fingerprint density at radius 3 is 2.47 bits per heavy atom. The average Bonchev–Trinajstić information content (AvgIpc) is 3.14. The molecule has 2 aromatic rings. The number of hydrogen-bond acceptors (Lipinski definition) is 8. The summed E-state index contributed by atoms with van der Waals surface area (Å²) in [7, 11) is 0. The van der Waals surface area contributed by atoms with E-state index in [1.807, 2.05) is 6.07 Å². The van der Waals surface area contributed by atoms with Crippen LogP contribution < -0.4 is 5.32 Å². The van der Waals surface area contributed by atoms with Gasteiger partial charge in [0.2, 0.25) is 0 Å². The third kappa shape index (κ3) is 7.74. The third-order valence-corrected chi connectivity index (χ3v) is 4.37. The molecule has 180 valence electrons. The van der Waals surface area contributed by atoms with Crippen LogP contribution in [0.5, 0.6) is 0 Å². The zero-order valence-corrected chi connectivity index (χ0v) is 19.5. The summed E-state index contributed by atoms with van der Waals surface area (Å²) in [5, 5.41) is 27.3. The number of alkyl carbamates (subject to hydrolysis) is 1. The van der Waals surface area contributed by atoms with Crippen LogP contribution in [0.4, 0.5) is 10.5 Å². The lowest BCUT2D eigenvalue weighted by atomic mass is 10.1. The predicted octanol–water partition coefficient (Wildman–Crippen LogP) is 3.72. The first kappa shape index (κ1) is 26.1. The molecule has 0 saturated heterocycles. The number of amides is 1. The summed E-state index contributed by atoms with van der Waals surface area (Å²) in [6, 6.07) is 9.08. The maximum Gasteiger partial charge on any atom is 0.407 e. The fourth-order valence-corrected chi connectivity index (χ4v) is 2.88. The molecule has 11 nitrogen and oxygen atoms in total. The molecule has 0 aliphatic carbocycles. The first-order valence-electron chi connectivity index (χ1n) is 10.5. The summed E-state index contributed by atoms with van der Waals surface area (Å²) in [5.74, 6) is -0.715. The first-order valence-corrected chi connectivity index (χ1v) is 10.5. The molecule has 11 heteroatoms. The standard InChI is InChI=1S/C23H27N5O6/c1-5-33-21(29)18(10-11-24)12-19-20(28(31)32)14-26-27(19)15-17-8-6-16(7-9-17)13-25-22(30)34-23(2,3)4/h6-9,12,14H,5,10,13,15H2,1-4H3,(H,25,30)/b18-12+. The van der Waals surface area contributed by atoms with Crippen molar-refractivity contribution in [2.24, 2.45) is 0 Å². The zero-order valence-electron chi connectivity index (χ0n) is 19.5. The number of ether oxygens (including phenoxy) is 2. The quantitative estimate of drug-likeness (QED) is 0.253. The molecular formula is C23H27N5O6.